The van der Waals surface area contributed by atoms with Crippen LogP contribution < -0.4 is 0 Å². The highest BCUT2D eigenvalue weighted by Crippen LogP contribution is 2.21. The van der Waals surface area contributed by atoms with E-state index in [4.69, 9.17) is 0 Å². The summed E-state index contributed by atoms with van der Waals surface area (Å²) in [5, 5.41) is 4.69. The summed E-state index contributed by atoms with van der Waals surface area (Å²) >= 11 is 3.14. The third-order valence-corrected chi connectivity index (χ3v) is 5.31. The van der Waals surface area contributed by atoms with E-state index in [1.54, 1.807) is 34.7 Å². The molecule has 5 nitrogen and oxygen atoms in total. The Morgan fingerprint density at radius 1 is 1.26 bits per heavy atom. The molecule has 0 N–H and O–H groups in total. The standard InChI is InChI=1S/C16H16N4OS2/c1-11-4-7-22-13(11)9-20(2)14(21)8-12-10-23-16(19-12)15-17-5-3-6-18-15/h3-7,10H,8-9H2,1-2H3. The molecule has 0 atom stereocenters. The van der Waals surface area contributed by atoms with Crippen LogP contribution >= 0.6 is 22.7 Å². The van der Waals surface area contributed by atoms with Gasteiger partial charge >= 0.3 is 0 Å². The fourth-order valence-corrected chi connectivity index (χ4v) is 3.78. The number of likely N-dealkylation sites (N-methyl/N-ethyl adjacent to an activating group) is 1. The molecule has 3 aromatic heterocycles. The molecule has 0 aliphatic carbocycles. The van der Waals surface area contributed by atoms with Crippen LogP contribution in [0.1, 0.15) is 16.1 Å². The number of nitrogens with zero attached hydrogens (tertiary/aromatic N) is 4. The molecular formula is C16H16N4OS2. The quantitative estimate of drug-likeness (QED) is 0.713. The highest BCUT2D eigenvalue weighted by atomic mass is 32.1. The van der Waals surface area contributed by atoms with Crippen LogP contribution in [0.3, 0.4) is 0 Å². The van der Waals surface area contributed by atoms with E-state index in [-0.39, 0.29) is 5.91 Å². The number of hydrogen-bond acceptors (Lipinski definition) is 6. The van der Waals surface area contributed by atoms with E-state index in [1.165, 1.54) is 21.8 Å². The van der Waals surface area contributed by atoms with Gasteiger partial charge in [-0.3, -0.25) is 4.79 Å². The lowest BCUT2D eigenvalue weighted by Gasteiger charge is -2.16. The predicted molar refractivity (Wildman–Crippen MR) is 92.4 cm³/mol. The Kier molecular flexibility index (Phi) is 4.78. The van der Waals surface area contributed by atoms with E-state index in [2.05, 4.69) is 33.3 Å². The molecule has 3 aromatic rings. The summed E-state index contributed by atoms with van der Waals surface area (Å²) in [5.41, 5.74) is 1.99. The van der Waals surface area contributed by atoms with E-state index < -0.39 is 0 Å². The maximum Gasteiger partial charge on any atom is 0.228 e. The summed E-state index contributed by atoms with van der Waals surface area (Å²) in [5.74, 6) is 0.655. The Balaban J connectivity index is 1.64. The number of amides is 1. The molecule has 0 bridgehead atoms. The molecule has 3 rings (SSSR count). The van der Waals surface area contributed by atoms with Crippen molar-refractivity contribution in [2.45, 2.75) is 19.9 Å². The van der Waals surface area contributed by atoms with Crippen LogP contribution in [0, 0.1) is 6.92 Å². The second-order valence-corrected chi connectivity index (χ2v) is 7.03. The van der Waals surface area contributed by atoms with Crippen LogP contribution in [0.4, 0.5) is 0 Å². The van der Waals surface area contributed by atoms with Crippen molar-refractivity contribution < 1.29 is 4.79 Å². The first-order valence-corrected chi connectivity index (χ1v) is 8.88. The van der Waals surface area contributed by atoms with Crippen molar-refractivity contribution in [1.29, 1.82) is 0 Å². The molecule has 0 fully saturated rings. The molecule has 0 aromatic carbocycles. The van der Waals surface area contributed by atoms with E-state index >= 15 is 0 Å². The van der Waals surface area contributed by atoms with Gasteiger partial charge in [0.1, 0.15) is 0 Å². The summed E-state index contributed by atoms with van der Waals surface area (Å²) in [7, 11) is 1.83. The minimum atomic E-state index is 0.0589. The summed E-state index contributed by atoms with van der Waals surface area (Å²) in [6.07, 6.45) is 3.67. The van der Waals surface area contributed by atoms with Crippen molar-refractivity contribution in [3.63, 3.8) is 0 Å². The van der Waals surface area contributed by atoms with Crippen molar-refractivity contribution in [1.82, 2.24) is 19.9 Å². The fourth-order valence-electron chi connectivity index (χ4n) is 2.06. The van der Waals surface area contributed by atoms with E-state index in [1.807, 2.05) is 12.4 Å². The molecule has 0 saturated carbocycles. The SMILES string of the molecule is Cc1ccsc1CN(C)C(=O)Cc1csc(-c2ncccn2)n1. The lowest BCUT2D eigenvalue weighted by Crippen LogP contribution is -2.27. The van der Waals surface area contributed by atoms with Crippen molar-refractivity contribution in [3.8, 4) is 10.8 Å². The number of aryl methyl sites for hydroxylation is 1. The van der Waals surface area contributed by atoms with Crippen LogP contribution in [-0.4, -0.2) is 32.8 Å². The van der Waals surface area contributed by atoms with Gasteiger partial charge in [0.25, 0.3) is 0 Å². The van der Waals surface area contributed by atoms with Gasteiger partial charge in [-0.25, -0.2) is 15.0 Å². The average Bonchev–Trinajstić information content (AvgIpc) is 3.18. The monoisotopic (exact) mass is 344 g/mol. The first kappa shape index (κ1) is 15.8. The van der Waals surface area contributed by atoms with Crippen molar-refractivity contribution in [3.05, 3.63) is 51.4 Å². The van der Waals surface area contributed by atoms with Gasteiger partial charge in [0.05, 0.1) is 18.7 Å². The zero-order chi connectivity index (χ0) is 16.2. The lowest BCUT2D eigenvalue weighted by molar-refractivity contribution is -0.129. The van der Waals surface area contributed by atoms with E-state index in [9.17, 15) is 4.79 Å². The molecule has 0 spiro atoms. The second-order valence-electron chi connectivity index (χ2n) is 5.17. The molecule has 118 valence electrons. The van der Waals surface area contributed by atoms with Crippen LogP contribution in [-0.2, 0) is 17.8 Å². The molecule has 0 aliphatic heterocycles. The molecule has 0 aliphatic rings. The topological polar surface area (TPSA) is 59.0 Å². The highest BCUT2D eigenvalue weighted by molar-refractivity contribution is 7.13. The Hall–Kier alpha value is -2.12. The number of thiazole rings is 1. The Bertz CT molecular complexity index is 797. The summed E-state index contributed by atoms with van der Waals surface area (Å²) in [6.45, 7) is 2.71. The fraction of sp³-hybridized carbons (Fsp3) is 0.250. The smallest absolute Gasteiger partial charge is 0.228 e. The zero-order valence-corrected chi connectivity index (χ0v) is 14.5. The first-order chi connectivity index (χ1) is 11.1. The highest BCUT2D eigenvalue weighted by Gasteiger charge is 2.15. The predicted octanol–water partition coefficient (Wildman–Crippen LogP) is 3.17. The molecule has 23 heavy (non-hydrogen) atoms. The van der Waals surface area contributed by atoms with Crippen LogP contribution in [0.15, 0.2) is 35.3 Å². The maximum atomic E-state index is 12.4. The van der Waals surface area contributed by atoms with Crippen molar-refractivity contribution in [2.24, 2.45) is 0 Å². The summed E-state index contributed by atoms with van der Waals surface area (Å²) in [6, 6.07) is 3.84. The number of rotatable bonds is 5. The number of carbonyl (C=O) groups is 1. The van der Waals surface area contributed by atoms with Crippen molar-refractivity contribution >= 4 is 28.6 Å². The molecule has 0 saturated heterocycles. The first-order valence-electron chi connectivity index (χ1n) is 7.12. The Morgan fingerprint density at radius 2 is 2.04 bits per heavy atom. The lowest BCUT2D eigenvalue weighted by atomic mass is 10.2. The third-order valence-electron chi connectivity index (χ3n) is 3.42. The van der Waals surface area contributed by atoms with Gasteiger partial charge in [0, 0.05) is 29.7 Å². The molecule has 1 amide bonds. The second kappa shape index (κ2) is 6.97. The number of hydrogen-bond donors (Lipinski definition) is 0. The van der Waals surface area contributed by atoms with Gasteiger partial charge in [-0.1, -0.05) is 0 Å². The molecule has 3 heterocycles. The number of aromatic nitrogens is 3. The average molecular weight is 344 g/mol. The molecule has 0 unspecified atom stereocenters. The zero-order valence-electron chi connectivity index (χ0n) is 12.9. The summed E-state index contributed by atoms with van der Waals surface area (Å²) in [4.78, 5) is 28.2. The minimum Gasteiger partial charge on any atom is -0.340 e. The number of carbonyl (C=O) groups excluding carboxylic acids is 1. The van der Waals surface area contributed by atoms with Crippen LogP contribution in [0.2, 0.25) is 0 Å². The third kappa shape index (κ3) is 3.80. The van der Waals surface area contributed by atoms with Gasteiger partial charge < -0.3 is 4.90 Å². The Labute approximate surface area is 142 Å². The number of thiophene rings is 1. The van der Waals surface area contributed by atoms with Gasteiger partial charge in [0.15, 0.2) is 10.8 Å². The van der Waals surface area contributed by atoms with E-state index in [0.717, 1.165) is 10.7 Å². The Morgan fingerprint density at radius 3 is 2.74 bits per heavy atom. The molecular weight excluding hydrogens is 328 g/mol. The van der Waals surface area contributed by atoms with Gasteiger partial charge in [-0.2, -0.15) is 0 Å². The van der Waals surface area contributed by atoms with Gasteiger partial charge in [0.2, 0.25) is 5.91 Å². The van der Waals surface area contributed by atoms with Crippen molar-refractivity contribution in [2.75, 3.05) is 7.05 Å². The van der Waals surface area contributed by atoms with Gasteiger partial charge in [-0.15, -0.1) is 22.7 Å². The summed E-state index contributed by atoms with van der Waals surface area (Å²) < 4.78 is 0. The largest absolute Gasteiger partial charge is 0.340 e. The molecule has 0 radical (unpaired) electrons. The van der Waals surface area contributed by atoms with Gasteiger partial charge in [-0.05, 0) is 30.0 Å². The van der Waals surface area contributed by atoms with E-state index in [0.29, 0.717) is 18.8 Å². The normalized spacial score (nSPS) is 10.7. The van der Waals surface area contributed by atoms with Crippen LogP contribution in [0.25, 0.3) is 10.8 Å². The van der Waals surface area contributed by atoms with Crippen LogP contribution in [0.5, 0.6) is 0 Å². The molecule has 7 heteroatoms. The minimum absolute atomic E-state index is 0.0589. The maximum absolute atomic E-state index is 12.4.